The summed E-state index contributed by atoms with van der Waals surface area (Å²) in [7, 11) is 1.16. The van der Waals surface area contributed by atoms with Crippen LogP contribution in [0.15, 0.2) is 30.3 Å². The highest BCUT2D eigenvalue weighted by Gasteiger charge is 1.99. The molecule has 0 aliphatic carbocycles. The van der Waals surface area contributed by atoms with Gasteiger partial charge in [-0.1, -0.05) is 35.9 Å². The van der Waals surface area contributed by atoms with E-state index in [0.717, 1.165) is 7.11 Å². The largest absolute Gasteiger partial charge is 0.480 e. The number of nitrogens with one attached hydrogen (secondary N) is 1. The fourth-order valence-electron chi connectivity index (χ4n) is 0.754. The van der Waals surface area contributed by atoms with Crippen LogP contribution in [-0.2, 0) is 9.53 Å². The summed E-state index contributed by atoms with van der Waals surface area (Å²) >= 11 is 0. The van der Waals surface area contributed by atoms with Gasteiger partial charge in [-0.2, -0.15) is 0 Å². The zero-order chi connectivity index (χ0) is 12.4. The van der Waals surface area contributed by atoms with E-state index in [-0.39, 0.29) is 0 Å². The van der Waals surface area contributed by atoms with Gasteiger partial charge in [-0.15, -0.1) is 0 Å². The Labute approximate surface area is 94.0 Å². The van der Waals surface area contributed by atoms with Crippen LogP contribution >= 0.6 is 0 Å². The number of aryl methyl sites for hydroxylation is 1. The van der Waals surface area contributed by atoms with E-state index in [1.54, 1.807) is 0 Å². The topological polar surface area (TPSA) is 75.6 Å². The highest BCUT2D eigenvalue weighted by Crippen LogP contribution is 1.92. The normalized spacial score (nSPS) is 8.38. The zero-order valence-corrected chi connectivity index (χ0v) is 9.27. The number of carbonyl (C=O) groups excluding carboxylic acids is 1. The van der Waals surface area contributed by atoms with Crippen molar-refractivity contribution in [1.82, 2.24) is 5.32 Å². The van der Waals surface area contributed by atoms with Crippen LogP contribution < -0.4 is 5.32 Å². The van der Waals surface area contributed by atoms with Crippen LogP contribution in [0.1, 0.15) is 5.56 Å². The Hall–Kier alpha value is -2.04. The van der Waals surface area contributed by atoms with Gasteiger partial charge in [-0.3, -0.25) is 4.79 Å². The first-order valence-electron chi connectivity index (χ1n) is 4.61. The third-order valence-electron chi connectivity index (χ3n) is 1.51. The molecular weight excluding hydrogens is 210 g/mol. The summed E-state index contributed by atoms with van der Waals surface area (Å²) in [6.45, 7) is 1.67. The molecule has 1 rings (SSSR count). The van der Waals surface area contributed by atoms with Crippen molar-refractivity contribution in [2.75, 3.05) is 13.7 Å². The number of methoxy groups -OCH3 is 1. The van der Waals surface area contributed by atoms with Gasteiger partial charge in [-0.25, -0.2) is 4.79 Å². The van der Waals surface area contributed by atoms with Crippen molar-refractivity contribution < 1.29 is 19.4 Å². The van der Waals surface area contributed by atoms with E-state index in [0.29, 0.717) is 0 Å². The Bertz CT molecular complexity index is 324. The predicted octanol–water partition coefficient (Wildman–Crippen LogP) is 1.42. The lowest BCUT2D eigenvalue weighted by molar-refractivity contribution is -0.135. The lowest BCUT2D eigenvalue weighted by Crippen LogP contribution is -2.28. The van der Waals surface area contributed by atoms with Crippen molar-refractivity contribution in [2.24, 2.45) is 0 Å². The van der Waals surface area contributed by atoms with Crippen LogP contribution in [0.25, 0.3) is 0 Å². The number of hydrogen-bond donors (Lipinski definition) is 2. The van der Waals surface area contributed by atoms with Gasteiger partial charge < -0.3 is 15.2 Å². The van der Waals surface area contributed by atoms with Crippen molar-refractivity contribution >= 4 is 12.1 Å². The van der Waals surface area contributed by atoms with E-state index in [1.165, 1.54) is 5.56 Å². The standard InChI is InChI=1S/C7H8.C4H7NO4/c1-7-5-3-2-4-6-7;1-9-4(8)5-2-3(6)7/h2-6H,1H3;2H2,1H3,(H,5,8)(H,6,7). The number of aliphatic carboxylic acids is 1. The van der Waals surface area contributed by atoms with Gasteiger partial charge in [0.1, 0.15) is 6.54 Å². The monoisotopic (exact) mass is 225 g/mol. The number of amides is 1. The molecule has 0 spiro atoms. The minimum Gasteiger partial charge on any atom is -0.480 e. The summed E-state index contributed by atoms with van der Waals surface area (Å²) in [6.07, 6.45) is -0.739. The molecule has 5 nitrogen and oxygen atoms in total. The Balaban J connectivity index is 0.000000288. The van der Waals surface area contributed by atoms with E-state index in [2.05, 4.69) is 23.8 Å². The first-order chi connectivity index (χ1) is 7.56. The summed E-state index contributed by atoms with van der Waals surface area (Å²) in [5.74, 6) is -1.10. The van der Waals surface area contributed by atoms with Crippen LogP contribution in [0, 0.1) is 6.92 Å². The molecule has 0 aromatic heterocycles. The number of alkyl carbamates (subject to hydrolysis) is 1. The molecule has 0 fully saturated rings. The van der Waals surface area contributed by atoms with Gasteiger partial charge >= 0.3 is 12.1 Å². The first kappa shape index (κ1) is 14.0. The van der Waals surface area contributed by atoms with Crippen LogP contribution in [-0.4, -0.2) is 30.8 Å². The van der Waals surface area contributed by atoms with Crippen LogP contribution in [0.4, 0.5) is 4.79 Å². The van der Waals surface area contributed by atoms with Crippen LogP contribution in [0.5, 0.6) is 0 Å². The lowest BCUT2D eigenvalue weighted by atomic mass is 10.2. The van der Waals surface area contributed by atoms with Crippen molar-refractivity contribution in [3.8, 4) is 0 Å². The SMILES string of the molecule is COC(=O)NCC(=O)O.Cc1ccccc1. The van der Waals surface area contributed by atoms with Gasteiger partial charge in [0.15, 0.2) is 0 Å². The lowest BCUT2D eigenvalue weighted by Gasteiger charge is -1.96. The Morgan fingerprint density at radius 3 is 2.19 bits per heavy atom. The molecule has 0 saturated heterocycles. The molecule has 0 radical (unpaired) electrons. The smallest absolute Gasteiger partial charge is 0.407 e. The highest BCUT2D eigenvalue weighted by molar-refractivity contribution is 5.76. The number of ether oxygens (including phenoxy) is 1. The fraction of sp³-hybridized carbons (Fsp3) is 0.273. The Morgan fingerprint density at radius 1 is 1.31 bits per heavy atom. The average Bonchev–Trinajstić information content (AvgIpc) is 2.27. The number of hydrogen-bond acceptors (Lipinski definition) is 3. The molecule has 1 amide bonds. The van der Waals surface area contributed by atoms with Crippen LogP contribution in [0.3, 0.4) is 0 Å². The van der Waals surface area contributed by atoms with Gasteiger partial charge in [0.2, 0.25) is 0 Å². The second-order valence-corrected chi connectivity index (χ2v) is 2.89. The molecule has 1 aromatic carbocycles. The second-order valence-electron chi connectivity index (χ2n) is 2.89. The van der Waals surface area contributed by atoms with Gasteiger partial charge in [0, 0.05) is 0 Å². The summed E-state index contributed by atoms with van der Waals surface area (Å²) in [5.41, 5.74) is 1.32. The maximum atomic E-state index is 10.1. The number of carboxylic acid groups (broad SMARTS) is 1. The summed E-state index contributed by atoms with van der Waals surface area (Å²) < 4.78 is 4.09. The zero-order valence-electron chi connectivity index (χ0n) is 9.27. The molecule has 0 aliphatic heterocycles. The molecule has 5 heteroatoms. The second kappa shape index (κ2) is 8.28. The quantitative estimate of drug-likeness (QED) is 0.798. The summed E-state index contributed by atoms with van der Waals surface area (Å²) in [4.78, 5) is 19.9. The molecule has 0 unspecified atom stereocenters. The molecule has 0 bridgehead atoms. The molecule has 0 aliphatic rings. The predicted molar refractivity (Wildman–Crippen MR) is 59.2 cm³/mol. The molecular formula is C11H15NO4. The van der Waals surface area contributed by atoms with Crippen molar-refractivity contribution in [1.29, 1.82) is 0 Å². The summed E-state index contributed by atoms with van der Waals surface area (Å²) in [5, 5.41) is 9.96. The van der Waals surface area contributed by atoms with E-state index < -0.39 is 18.6 Å². The number of benzene rings is 1. The van der Waals surface area contributed by atoms with Gasteiger partial charge in [-0.05, 0) is 6.92 Å². The van der Waals surface area contributed by atoms with E-state index >= 15 is 0 Å². The molecule has 16 heavy (non-hydrogen) atoms. The first-order valence-corrected chi connectivity index (χ1v) is 4.61. The van der Waals surface area contributed by atoms with Crippen molar-refractivity contribution in [3.05, 3.63) is 35.9 Å². The van der Waals surface area contributed by atoms with Crippen molar-refractivity contribution in [2.45, 2.75) is 6.92 Å². The number of rotatable bonds is 2. The fourth-order valence-corrected chi connectivity index (χ4v) is 0.754. The molecule has 0 saturated carbocycles. The Kier molecular flexibility index (Phi) is 7.23. The third-order valence-corrected chi connectivity index (χ3v) is 1.51. The van der Waals surface area contributed by atoms with Crippen LogP contribution in [0.2, 0.25) is 0 Å². The summed E-state index contributed by atoms with van der Waals surface area (Å²) in [6, 6.07) is 10.3. The molecule has 88 valence electrons. The Morgan fingerprint density at radius 2 is 1.88 bits per heavy atom. The number of carboxylic acids is 1. The molecule has 0 atom stereocenters. The molecule has 2 N–H and O–H groups in total. The maximum Gasteiger partial charge on any atom is 0.407 e. The molecule has 1 aromatic rings. The highest BCUT2D eigenvalue weighted by atomic mass is 16.5. The van der Waals surface area contributed by atoms with E-state index in [9.17, 15) is 9.59 Å². The van der Waals surface area contributed by atoms with E-state index in [4.69, 9.17) is 5.11 Å². The minimum atomic E-state index is -1.10. The number of carbonyl (C=O) groups is 2. The average molecular weight is 225 g/mol. The van der Waals surface area contributed by atoms with Crippen molar-refractivity contribution in [3.63, 3.8) is 0 Å². The molecule has 0 heterocycles. The van der Waals surface area contributed by atoms with E-state index in [1.807, 2.05) is 23.5 Å². The van der Waals surface area contributed by atoms with Gasteiger partial charge in [0.05, 0.1) is 7.11 Å². The maximum absolute atomic E-state index is 10.1. The third kappa shape index (κ3) is 8.55. The minimum absolute atomic E-state index is 0.410. The van der Waals surface area contributed by atoms with Gasteiger partial charge in [0.25, 0.3) is 0 Å².